The summed E-state index contributed by atoms with van der Waals surface area (Å²) in [7, 11) is 3.18. The number of ether oxygens (including phenoxy) is 2. The zero-order valence-electron chi connectivity index (χ0n) is 18.2. The van der Waals surface area contributed by atoms with E-state index in [1.54, 1.807) is 32.4 Å². The quantitative estimate of drug-likeness (QED) is 0.733. The van der Waals surface area contributed by atoms with Gasteiger partial charge in [-0.2, -0.15) is 0 Å². The minimum absolute atomic E-state index is 0.00889. The molecule has 7 heteroatoms. The van der Waals surface area contributed by atoms with Crippen molar-refractivity contribution in [2.24, 2.45) is 0 Å². The average molecular weight is 428 g/mol. The molecule has 0 bridgehead atoms. The van der Waals surface area contributed by atoms with Gasteiger partial charge in [0, 0.05) is 51.0 Å². The van der Waals surface area contributed by atoms with E-state index in [0.29, 0.717) is 23.1 Å². The zero-order chi connectivity index (χ0) is 21.8. The average Bonchev–Trinajstić information content (AvgIpc) is 2.84. The number of amides is 1. The second-order valence-electron chi connectivity index (χ2n) is 8.11. The van der Waals surface area contributed by atoms with Crippen LogP contribution in [0.2, 0.25) is 0 Å². The van der Waals surface area contributed by atoms with Crippen LogP contribution in [0.5, 0.6) is 11.5 Å². The van der Waals surface area contributed by atoms with E-state index in [2.05, 4.69) is 9.80 Å². The van der Waals surface area contributed by atoms with E-state index in [4.69, 9.17) is 9.47 Å². The summed E-state index contributed by atoms with van der Waals surface area (Å²) < 4.78 is 23.9. The van der Waals surface area contributed by atoms with Crippen molar-refractivity contribution in [1.29, 1.82) is 0 Å². The Labute approximate surface area is 183 Å². The van der Waals surface area contributed by atoms with Crippen LogP contribution in [0.1, 0.15) is 23.2 Å². The molecule has 2 saturated heterocycles. The number of hydrogen-bond donors (Lipinski definition) is 0. The number of piperidine rings is 1. The van der Waals surface area contributed by atoms with E-state index in [1.807, 2.05) is 17.0 Å². The molecule has 2 heterocycles. The summed E-state index contributed by atoms with van der Waals surface area (Å²) >= 11 is 0. The summed E-state index contributed by atoms with van der Waals surface area (Å²) in [5, 5.41) is 0. The van der Waals surface area contributed by atoms with Gasteiger partial charge in [0.1, 0.15) is 17.3 Å². The molecule has 0 unspecified atom stereocenters. The number of piperazine rings is 1. The molecular formula is C24H30FN3O3. The van der Waals surface area contributed by atoms with Crippen molar-refractivity contribution in [2.45, 2.75) is 18.9 Å². The molecule has 166 valence electrons. The lowest BCUT2D eigenvalue weighted by Crippen LogP contribution is -2.55. The Kier molecular flexibility index (Phi) is 6.61. The van der Waals surface area contributed by atoms with Crippen LogP contribution in [-0.2, 0) is 0 Å². The number of carbonyl (C=O) groups excluding carboxylic acids is 1. The lowest BCUT2D eigenvalue weighted by molar-refractivity contribution is 0.0560. The molecule has 2 aliphatic rings. The van der Waals surface area contributed by atoms with Crippen LogP contribution in [0.3, 0.4) is 0 Å². The van der Waals surface area contributed by atoms with E-state index in [1.165, 1.54) is 12.1 Å². The first-order valence-electron chi connectivity index (χ1n) is 10.8. The summed E-state index contributed by atoms with van der Waals surface area (Å²) in [6, 6.07) is 12.4. The monoisotopic (exact) mass is 427 g/mol. The Morgan fingerprint density at radius 1 is 0.968 bits per heavy atom. The summed E-state index contributed by atoms with van der Waals surface area (Å²) in [6.07, 6.45) is 2.08. The number of hydrogen-bond acceptors (Lipinski definition) is 5. The number of anilines is 1. The molecule has 1 amide bonds. The highest BCUT2D eigenvalue weighted by Crippen LogP contribution is 2.28. The first kappa shape index (κ1) is 21.4. The molecule has 0 N–H and O–H groups in total. The molecular weight excluding hydrogens is 397 g/mol. The molecule has 1 atom stereocenters. The summed E-state index contributed by atoms with van der Waals surface area (Å²) in [5.74, 6) is 1.00. The summed E-state index contributed by atoms with van der Waals surface area (Å²) in [4.78, 5) is 20.0. The van der Waals surface area contributed by atoms with Crippen LogP contribution in [0.15, 0.2) is 42.5 Å². The predicted octanol–water partition coefficient (Wildman–Crippen LogP) is 3.27. The molecule has 2 aromatic rings. The van der Waals surface area contributed by atoms with Gasteiger partial charge < -0.3 is 19.3 Å². The van der Waals surface area contributed by atoms with Crippen LogP contribution in [0.4, 0.5) is 10.1 Å². The molecule has 0 saturated carbocycles. The van der Waals surface area contributed by atoms with E-state index < -0.39 is 0 Å². The van der Waals surface area contributed by atoms with E-state index >= 15 is 0 Å². The molecule has 4 rings (SSSR count). The van der Waals surface area contributed by atoms with Gasteiger partial charge in [-0.1, -0.05) is 0 Å². The lowest BCUT2D eigenvalue weighted by atomic mass is 10.0. The Bertz CT molecular complexity index is 897. The van der Waals surface area contributed by atoms with Crippen LogP contribution in [0, 0.1) is 5.82 Å². The third-order valence-electron chi connectivity index (χ3n) is 6.34. The van der Waals surface area contributed by atoms with Crippen molar-refractivity contribution in [3.63, 3.8) is 0 Å². The standard InChI is InChI=1S/C24H30FN3O3/c1-30-21-9-10-23(31-2)22(16-21)24(29)28-11-3-4-20(17-28)27-14-12-26(13-15-27)19-7-5-18(25)6-8-19/h5-10,16,20H,3-4,11-15,17H2,1-2H3/t20-/m0/s1. The highest BCUT2D eigenvalue weighted by molar-refractivity contribution is 5.97. The van der Waals surface area contributed by atoms with Gasteiger partial charge in [0.05, 0.1) is 19.8 Å². The number of benzene rings is 2. The predicted molar refractivity (Wildman–Crippen MR) is 119 cm³/mol. The summed E-state index contributed by atoms with van der Waals surface area (Å²) in [5.41, 5.74) is 1.61. The van der Waals surface area contributed by atoms with Gasteiger partial charge in [0.2, 0.25) is 0 Å². The number of rotatable bonds is 5. The highest BCUT2D eigenvalue weighted by Gasteiger charge is 2.31. The molecule has 31 heavy (non-hydrogen) atoms. The Morgan fingerprint density at radius 3 is 2.39 bits per heavy atom. The third-order valence-corrected chi connectivity index (χ3v) is 6.34. The Balaban J connectivity index is 1.39. The molecule has 0 aliphatic carbocycles. The van der Waals surface area contributed by atoms with E-state index in [0.717, 1.165) is 57.8 Å². The Hall–Kier alpha value is -2.80. The first-order chi connectivity index (χ1) is 15.1. The van der Waals surface area contributed by atoms with Crippen molar-refractivity contribution < 1.29 is 18.7 Å². The molecule has 2 aromatic carbocycles. The molecule has 0 aromatic heterocycles. The first-order valence-corrected chi connectivity index (χ1v) is 10.8. The van der Waals surface area contributed by atoms with Crippen molar-refractivity contribution >= 4 is 11.6 Å². The fraction of sp³-hybridized carbons (Fsp3) is 0.458. The topological polar surface area (TPSA) is 45.3 Å². The molecule has 2 fully saturated rings. The number of carbonyl (C=O) groups is 1. The van der Waals surface area contributed by atoms with Crippen LogP contribution >= 0.6 is 0 Å². The summed E-state index contributed by atoms with van der Waals surface area (Å²) in [6.45, 7) is 5.15. The molecule has 0 spiro atoms. The Morgan fingerprint density at radius 2 is 1.71 bits per heavy atom. The van der Waals surface area contributed by atoms with Crippen molar-refractivity contribution in [1.82, 2.24) is 9.80 Å². The minimum Gasteiger partial charge on any atom is -0.497 e. The normalized spacial score (nSPS) is 19.9. The second kappa shape index (κ2) is 9.56. The maximum absolute atomic E-state index is 13.3. The van der Waals surface area contributed by atoms with Crippen LogP contribution in [0.25, 0.3) is 0 Å². The van der Waals surface area contributed by atoms with Gasteiger partial charge in [-0.05, 0) is 55.3 Å². The van der Waals surface area contributed by atoms with Crippen LogP contribution < -0.4 is 14.4 Å². The number of likely N-dealkylation sites (tertiary alicyclic amines) is 1. The number of halogens is 1. The largest absolute Gasteiger partial charge is 0.497 e. The minimum atomic E-state index is -0.206. The smallest absolute Gasteiger partial charge is 0.257 e. The van der Waals surface area contributed by atoms with Crippen LogP contribution in [-0.4, -0.2) is 75.2 Å². The van der Waals surface area contributed by atoms with Crippen molar-refractivity contribution in [3.05, 3.63) is 53.8 Å². The maximum Gasteiger partial charge on any atom is 0.257 e. The van der Waals surface area contributed by atoms with Gasteiger partial charge >= 0.3 is 0 Å². The lowest BCUT2D eigenvalue weighted by Gasteiger charge is -2.44. The molecule has 2 aliphatic heterocycles. The van der Waals surface area contributed by atoms with Gasteiger partial charge in [-0.15, -0.1) is 0 Å². The molecule has 0 radical (unpaired) electrons. The highest BCUT2D eigenvalue weighted by atomic mass is 19.1. The number of nitrogens with zero attached hydrogens (tertiary/aromatic N) is 3. The van der Waals surface area contributed by atoms with E-state index in [9.17, 15) is 9.18 Å². The fourth-order valence-corrected chi connectivity index (χ4v) is 4.59. The van der Waals surface area contributed by atoms with Gasteiger partial charge in [0.15, 0.2) is 0 Å². The van der Waals surface area contributed by atoms with Gasteiger partial charge in [0.25, 0.3) is 5.91 Å². The molecule has 6 nitrogen and oxygen atoms in total. The van der Waals surface area contributed by atoms with Gasteiger partial charge in [-0.25, -0.2) is 4.39 Å². The zero-order valence-corrected chi connectivity index (χ0v) is 18.2. The second-order valence-corrected chi connectivity index (χ2v) is 8.11. The van der Waals surface area contributed by atoms with E-state index in [-0.39, 0.29) is 11.7 Å². The number of methoxy groups -OCH3 is 2. The SMILES string of the molecule is COc1ccc(OC)c(C(=O)N2CCC[C@H](N3CCN(c4ccc(F)cc4)CC3)C2)c1. The van der Waals surface area contributed by atoms with Crippen molar-refractivity contribution in [3.8, 4) is 11.5 Å². The third kappa shape index (κ3) is 4.77. The maximum atomic E-state index is 13.3. The van der Waals surface area contributed by atoms with Gasteiger partial charge in [-0.3, -0.25) is 9.69 Å². The fourth-order valence-electron chi connectivity index (χ4n) is 4.59. The van der Waals surface area contributed by atoms with Crippen molar-refractivity contribution in [2.75, 3.05) is 58.4 Å².